The van der Waals surface area contributed by atoms with Crippen molar-refractivity contribution < 1.29 is 0 Å². The molecule has 0 fully saturated rings. The molecule has 0 atom stereocenters. The van der Waals surface area contributed by atoms with Gasteiger partial charge in [-0.2, -0.15) is 0 Å². The van der Waals surface area contributed by atoms with Gasteiger partial charge in [-0.15, -0.1) is 0 Å². The molecule has 6 aromatic carbocycles. The summed E-state index contributed by atoms with van der Waals surface area (Å²) in [6.45, 7) is 2.24. The Morgan fingerprint density at radius 3 is 1.96 bits per heavy atom. The molecule has 0 saturated carbocycles. The molecule has 214 valence electrons. The number of benzene rings is 6. The summed E-state index contributed by atoms with van der Waals surface area (Å²) in [6.07, 6.45) is 14.1. The minimum atomic E-state index is 0.942. The van der Waals surface area contributed by atoms with Crippen LogP contribution in [-0.2, 0) is 0 Å². The van der Waals surface area contributed by atoms with Gasteiger partial charge in [-0.25, -0.2) is 4.98 Å². The quantitative estimate of drug-likeness (QED) is 0.186. The van der Waals surface area contributed by atoms with Crippen LogP contribution >= 0.6 is 0 Å². The Balaban J connectivity index is 1.29. The van der Waals surface area contributed by atoms with Crippen LogP contribution in [0.1, 0.15) is 18.9 Å². The van der Waals surface area contributed by atoms with Crippen molar-refractivity contribution in [3.05, 3.63) is 175 Å². The number of hydrogen-bond acceptors (Lipinski definition) is 1. The van der Waals surface area contributed by atoms with Crippen molar-refractivity contribution in [2.24, 2.45) is 0 Å². The fourth-order valence-corrected chi connectivity index (χ4v) is 6.68. The summed E-state index contributed by atoms with van der Waals surface area (Å²) < 4.78 is 2.26. The van der Waals surface area contributed by atoms with Crippen LogP contribution in [0.25, 0.3) is 66.4 Å². The Morgan fingerprint density at radius 1 is 0.644 bits per heavy atom. The summed E-state index contributed by atoms with van der Waals surface area (Å²) in [5.41, 5.74) is 10.6. The van der Waals surface area contributed by atoms with Crippen molar-refractivity contribution in [3.63, 3.8) is 0 Å². The average Bonchev–Trinajstić information content (AvgIpc) is 3.50. The molecule has 0 N–H and O–H groups in total. The van der Waals surface area contributed by atoms with Crippen molar-refractivity contribution >= 4 is 38.2 Å². The predicted octanol–water partition coefficient (Wildman–Crippen LogP) is 11.5. The topological polar surface area (TPSA) is 17.8 Å². The SMILES string of the molecule is C/C(=C\C=C1\C=CC=CC1)c1c2ccccc2c(-c2ccc(-c3nc4ccccc4n3-c3ccccc3)cc2)c2ccccc12. The van der Waals surface area contributed by atoms with E-state index in [1.54, 1.807) is 0 Å². The second-order valence-electron chi connectivity index (χ2n) is 11.6. The van der Waals surface area contributed by atoms with Crippen LogP contribution in [0.3, 0.4) is 0 Å². The summed E-state index contributed by atoms with van der Waals surface area (Å²) in [5, 5.41) is 5.06. The van der Waals surface area contributed by atoms with Gasteiger partial charge in [0.1, 0.15) is 5.82 Å². The van der Waals surface area contributed by atoms with Gasteiger partial charge >= 0.3 is 0 Å². The summed E-state index contributed by atoms with van der Waals surface area (Å²) in [4.78, 5) is 5.09. The van der Waals surface area contributed by atoms with E-state index in [0.29, 0.717) is 0 Å². The molecule has 0 spiro atoms. The molecule has 7 aromatic rings. The van der Waals surface area contributed by atoms with E-state index < -0.39 is 0 Å². The second kappa shape index (κ2) is 11.4. The summed E-state index contributed by atoms with van der Waals surface area (Å²) in [7, 11) is 0. The van der Waals surface area contributed by atoms with Gasteiger partial charge in [0.05, 0.1) is 11.0 Å². The van der Waals surface area contributed by atoms with E-state index >= 15 is 0 Å². The lowest BCUT2D eigenvalue weighted by Gasteiger charge is -2.18. The van der Waals surface area contributed by atoms with Crippen molar-refractivity contribution in [2.75, 3.05) is 0 Å². The lowest BCUT2D eigenvalue weighted by atomic mass is 9.86. The fourth-order valence-electron chi connectivity index (χ4n) is 6.68. The van der Waals surface area contributed by atoms with Gasteiger partial charge in [-0.1, -0.05) is 140 Å². The van der Waals surface area contributed by atoms with Gasteiger partial charge in [-0.3, -0.25) is 4.57 Å². The van der Waals surface area contributed by atoms with Crippen LogP contribution < -0.4 is 0 Å². The molecule has 0 aliphatic heterocycles. The summed E-state index contributed by atoms with van der Waals surface area (Å²) in [6, 6.07) is 45.5. The molecule has 8 rings (SSSR count). The number of fused-ring (bicyclic) bond motifs is 3. The van der Waals surface area contributed by atoms with Crippen molar-refractivity contribution in [1.29, 1.82) is 0 Å². The van der Waals surface area contributed by atoms with E-state index in [4.69, 9.17) is 4.98 Å². The van der Waals surface area contributed by atoms with Gasteiger partial charge in [-0.05, 0) is 87.0 Å². The number of imidazole rings is 1. The highest BCUT2D eigenvalue weighted by atomic mass is 15.1. The number of para-hydroxylation sites is 3. The molecule has 45 heavy (non-hydrogen) atoms. The number of rotatable bonds is 5. The molecule has 1 aliphatic carbocycles. The zero-order valence-corrected chi connectivity index (χ0v) is 25.2. The minimum Gasteiger partial charge on any atom is -0.292 e. The number of allylic oxidation sites excluding steroid dienone is 8. The lowest BCUT2D eigenvalue weighted by molar-refractivity contribution is 1.10. The first kappa shape index (κ1) is 26.9. The third-order valence-corrected chi connectivity index (χ3v) is 8.79. The maximum atomic E-state index is 5.09. The second-order valence-corrected chi connectivity index (χ2v) is 11.6. The first-order chi connectivity index (χ1) is 22.3. The van der Waals surface area contributed by atoms with Gasteiger partial charge in [0, 0.05) is 11.3 Å². The molecular formula is C43H32N2. The number of aromatic nitrogens is 2. The first-order valence-corrected chi connectivity index (χ1v) is 15.5. The lowest BCUT2D eigenvalue weighted by Crippen LogP contribution is -1.97. The molecular weight excluding hydrogens is 544 g/mol. The van der Waals surface area contributed by atoms with Crippen LogP contribution in [0, 0.1) is 0 Å². The highest BCUT2D eigenvalue weighted by Gasteiger charge is 2.18. The molecule has 0 amide bonds. The molecule has 2 nitrogen and oxygen atoms in total. The van der Waals surface area contributed by atoms with Crippen LogP contribution in [0.4, 0.5) is 0 Å². The number of hydrogen-bond donors (Lipinski definition) is 0. The molecule has 1 aliphatic rings. The molecule has 0 saturated heterocycles. The van der Waals surface area contributed by atoms with Gasteiger partial charge in [0.25, 0.3) is 0 Å². The third kappa shape index (κ3) is 4.81. The fraction of sp³-hybridized carbons (Fsp3) is 0.0465. The Bertz CT molecular complexity index is 2270. The molecule has 2 heteroatoms. The summed E-state index contributed by atoms with van der Waals surface area (Å²) >= 11 is 0. The Hall–Kier alpha value is -5.73. The van der Waals surface area contributed by atoms with Gasteiger partial charge in [0.2, 0.25) is 0 Å². The van der Waals surface area contributed by atoms with Gasteiger partial charge < -0.3 is 0 Å². The zero-order chi connectivity index (χ0) is 30.2. The molecule has 0 bridgehead atoms. The van der Waals surface area contributed by atoms with Crippen molar-refractivity contribution in [1.82, 2.24) is 9.55 Å². The molecule has 0 radical (unpaired) electrons. The third-order valence-electron chi connectivity index (χ3n) is 8.79. The predicted molar refractivity (Wildman–Crippen MR) is 192 cm³/mol. The van der Waals surface area contributed by atoms with Crippen LogP contribution in [0.2, 0.25) is 0 Å². The van der Waals surface area contributed by atoms with Crippen molar-refractivity contribution in [3.8, 4) is 28.2 Å². The smallest absolute Gasteiger partial charge is 0.145 e. The Labute approximate surface area is 263 Å². The largest absolute Gasteiger partial charge is 0.292 e. The first-order valence-electron chi connectivity index (χ1n) is 15.5. The monoisotopic (exact) mass is 576 g/mol. The van der Waals surface area contributed by atoms with Crippen LogP contribution in [0.5, 0.6) is 0 Å². The van der Waals surface area contributed by atoms with E-state index in [-0.39, 0.29) is 0 Å². The zero-order valence-electron chi connectivity index (χ0n) is 25.2. The Kier molecular flexibility index (Phi) is 6.81. The van der Waals surface area contributed by atoms with Crippen LogP contribution in [0.15, 0.2) is 169 Å². The highest BCUT2D eigenvalue weighted by Crippen LogP contribution is 2.42. The molecule has 0 unspecified atom stereocenters. The Morgan fingerprint density at radius 2 is 1.27 bits per heavy atom. The van der Waals surface area contributed by atoms with Crippen LogP contribution in [-0.4, -0.2) is 9.55 Å². The highest BCUT2D eigenvalue weighted by molar-refractivity contribution is 6.18. The molecule has 1 heterocycles. The van der Waals surface area contributed by atoms with E-state index in [2.05, 4.69) is 175 Å². The van der Waals surface area contributed by atoms with E-state index in [9.17, 15) is 0 Å². The van der Waals surface area contributed by atoms with Gasteiger partial charge in [0.15, 0.2) is 0 Å². The summed E-state index contributed by atoms with van der Waals surface area (Å²) in [5.74, 6) is 0.942. The van der Waals surface area contributed by atoms with E-state index in [0.717, 1.165) is 34.5 Å². The minimum absolute atomic E-state index is 0.942. The normalized spacial score (nSPS) is 14.2. The standard InChI is InChI=1S/C43H32N2/c1-30(24-25-31-14-4-2-5-15-31)41-35-18-8-10-20-37(35)42(38-21-11-9-19-36(38)41)32-26-28-33(29-27-32)43-44-39-22-12-13-23-40(39)45(43)34-16-6-3-7-17-34/h2-14,16-29H,15H2,1H3/b30-24+,31-25-. The maximum absolute atomic E-state index is 5.09. The maximum Gasteiger partial charge on any atom is 0.145 e. The molecule has 1 aromatic heterocycles. The average molecular weight is 577 g/mol. The van der Waals surface area contributed by atoms with E-state index in [1.807, 2.05) is 0 Å². The van der Waals surface area contributed by atoms with Crippen molar-refractivity contribution in [2.45, 2.75) is 13.3 Å². The van der Waals surface area contributed by atoms with E-state index in [1.165, 1.54) is 49.4 Å². The number of nitrogens with zero attached hydrogens (tertiary/aromatic N) is 2.